The van der Waals surface area contributed by atoms with Crippen LogP contribution in [0.3, 0.4) is 0 Å². The molecule has 4 rings (SSSR count). The molecule has 3 fully saturated rings. The van der Waals surface area contributed by atoms with Crippen molar-refractivity contribution in [1.29, 1.82) is 0 Å². The maximum absolute atomic E-state index is 12.3. The zero-order valence-electron chi connectivity index (χ0n) is 13.7. The van der Waals surface area contributed by atoms with Crippen molar-refractivity contribution in [3.63, 3.8) is 0 Å². The number of carboxylic acid groups (broad SMARTS) is 1. The summed E-state index contributed by atoms with van der Waals surface area (Å²) < 4.78 is 6.27. The number of thiophene rings is 1. The average molecular weight is 350 g/mol. The van der Waals surface area contributed by atoms with Gasteiger partial charge in [-0.05, 0) is 31.9 Å². The molecule has 2 bridgehead atoms. The lowest BCUT2D eigenvalue weighted by Gasteiger charge is -2.29. The predicted octanol–water partition coefficient (Wildman–Crippen LogP) is 1.35. The third kappa shape index (κ3) is 2.64. The number of ether oxygens (including phenoxy) is 1. The van der Waals surface area contributed by atoms with Crippen molar-refractivity contribution in [2.75, 3.05) is 26.2 Å². The van der Waals surface area contributed by atoms with Crippen molar-refractivity contribution >= 4 is 23.2 Å². The average Bonchev–Trinajstić information content (AvgIpc) is 3.24. The molecule has 2 N–H and O–H groups in total. The number of likely N-dealkylation sites (tertiary alicyclic amines) is 1. The number of carbonyl (C=O) groups excluding carboxylic acids is 1. The normalized spacial score (nSPS) is 34.5. The molecule has 0 aliphatic carbocycles. The zero-order valence-corrected chi connectivity index (χ0v) is 14.5. The Bertz CT molecular complexity index is 675. The van der Waals surface area contributed by atoms with Crippen molar-refractivity contribution in [2.45, 2.75) is 31.5 Å². The van der Waals surface area contributed by atoms with Crippen LogP contribution in [0.4, 0.5) is 0 Å². The lowest BCUT2D eigenvalue weighted by Crippen LogP contribution is -2.41. The number of carboxylic acids is 1. The van der Waals surface area contributed by atoms with E-state index in [4.69, 9.17) is 9.84 Å². The van der Waals surface area contributed by atoms with Crippen molar-refractivity contribution in [2.24, 2.45) is 11.8 Å². The molecule has 1 amide bonds. The van der Waals surface area contributed by atoms with E-state index in [2.05, 4.69) is 5.32 Å². The number of aryl methyl sites for hydroxylation is 1. The number of rotatable bonds is 5. The topological polar surface area (TPSA) is 78.9 Å². The molecule has 1 spiro atoms. The van der Waals surface area contributed by atoms with Gasteiger partial charge in [0.1, 0.15) is 0 Å². The molecule has 6 nitrogen and oxygen atoms in total. The third-order valence-corrected chi connectivity index (χ3v) is 6.68. The highest BCUT2D eigenvalue weighted by Gasteiger charge is 2.62. The Morgan fingerprint density at radius 1 is 1.50 bits per heavy atom. The predicted molar refractivity (Wildman–Crippen MR) is 89.3 cm³/mol. The minimum atomic E-state index is -0.793. The van der Waals surface area contributed by atoms with E-state index in [-0.39, 0.29) is 30.1 Å². The van der Waals surface area contributed by atoms with Gasteiger partial charge in [-0.3, -0.25) is 14.5 Å². The van der Waals surface area contributed by atoms with Gasteiger partial charge >= 0.3 is 5.97 Å². The Hall–Kier alpha value is -1.44. The number of nitrogens with zero attached hydrogens (tertiary/aromatic N) is 1. The molecule has 3 aliphatic rings. The Kier molecular flexibility index (Phi) is 3.89. The summed E-state index contributed by atoms with van der Waals surface area (Å²) in [6.45, 7) is 4.12. The molecule has 1 aromatic heterocycles. The number of amides is 1. The van der Waals surface area contributed by atoms with E-state index in [1.54, 1.807) is 0 Å². The van der Waals surface area contributed by atoms with Gasteiger partial charge in [-0.15, -0.1) is 11.3 Å². The van der Waals surface area contributed by atoms with Gasteiger partial charge in [-0.25, -0.2) is 0 Å². The van der Waals surface area contributed by atoms with E-state index in [1.807, 2.05) is 24.0 Å². The van der Waals surface area contributed by atoms with E-state index in [0.29, 0.717) is 19.0 Å². The van der Waals surface area contributed by atoms with Crippen molar-refractivity contribution < 1.29 is 19.4 Å². The molecule has 4 heterocycles. The van der Waals surface area contributed by atoms with Crippen molar-refractivity contribution in [1.82, 2.24) is 10.2 Å². The van der Waals surface area contributed by atoms with Gasteiger partial charge in [-0.2, -0.15) is 0 Å². The molecular formula is C17H22N2O4S. The molecular weight excluding hydrogens is 328 g/mol. The lowest BCUT2D eigenvalue weighted by molar-refractivity contribution is -0.138. The quantitative estimate of drug-likeness (QED) is 0.838. The van der Waals surface area contributed by atoms with Crippen LogP contribution in [0.2, 0.25) is 0 Å². The molecule has 24 heavy (non-hydrogen) atoms. The highest BCUT2D eigenvalue weighted by atomic mass is 32.1. The molecule has 0 aromatic carbocycles. The van der Waals surface area contributed by atoms with E-state index in [1.165, 1.54) is 11.3 Å². The van der Waals surface area contributed by atoms with E-state index in [9.17, 15) is 9.59 Å². The second-order valence-electron chi connectivity index (χ2n) is 7.21. The Morgan fingerprint density at radius 3 is 3.04 bits per heavy atom. The van der Waals surface area contributed by atoms with Crippen LogP contribution in [0.1, 0.15) is 27.4 Å². The maximum atomic E-state index is 12.3. The lowest BCUT2D eigenvalue weighted by atomic mass is 9.73. The Morgan fingerprint density at radius 2 is 2.33 bits per heavy atom. The maximum Gasteiger partial charge on any atom is 0.317 e. The number of hydrogen-bond acceptors (Lipinski definition) is 5. The van der Waals surface area contributed by atoms with Gasteiger partial charge in [-0.1, -0.05) is 0 Å². The number of hydrogen-bond donors (Lipinski definition) is 2. The summed E-state index contributed by atoms with van der Waals surface area (Å²) in [4.78, 5) is 27.1. The van der Waals surface area contributed by atoms with Crippen LogP contribution in [0.25, 0.3) is 0 Å². The molecule has 4 atom stereocenters. The fourth-order valence-corrected chi connectivity index (χ4v) is 5.51. The van der Waals surface area contributed by atoms with E-state index < -0.39 is 5.97 Å². The highest BCUT2D eigenvalue weighted by molar-refractivity contribution is 7.13. The van der Waals surface area contributed by atoms with Gasteiger partial charge in [0.05, 0.1) is 23.1 Å². The summed E-state index contributed by atoms with van der Waals surface area (Å²) >= 11 is 1.50. The van der Waals surface area contributed by atoms with Crippen molar-refractivity contribution in [3.05, 3.63) is 21.9 Å². The largest absolute Gasteiger partial charge is 0.480 e. The molecule has 0 radical (unpaired) electrons. The van der Waals surface area contributed by atoms with Gasteiger partial charge in [0.25, 0.3) is 5.91 Å². The first-order chi connectivity index (χ1) is 11.5. The number of fused-ring (bicyclic) bond motifs is 1. The summed E-state index contributed by atoms with van der Waals surface area (Å²) in [5.41, 5.74) is -0.185. The fraction of sp³-hybridized carbons (Fsp3) is 0.647. The van der Waals surface area contributed by atoms with Gasteiger partial charge in [0.2, 0.25) is 0 Å². The smallest absolute Gasteiger partial charge is 0.317 e. The summed E-state index contributed by atoms with van der Waals surface area (Å²) in [7, 11) is 0. The Labute approximate surface area is 144 Å². The number of aliphatic carboxylic acids is 1. The van der Waals surface area contributed by atoms with Gasteiger partial charge in [0, 0.05) is 36.3 Å². The second-order valence-corrected chi connectivity index (χ2v) is 8.50. The van der Waals surface area contributed by atoms with Crippen LogP contribution in [0.5, 0.6) is 0 Å². The van der Waals surface area contributed by atoms with Crippen LogP contribution < -0.4 is 5.32 Å². The van der Waals surface area contributed by atoms with Crippen LogP contribution in [-0.4, -0.2) is 59.8 Å². The van der Waals surface area contributed by atoms with Crippen LogP contribution in [0.15, 0.2) is 12.1 Å². The summed E-state index contributed by atoms with van der Waals surface area (Å²) in [5, 5.41) is 12.1. The molecule has 7 heteroatoms. The summed E-state index contributed by atoms with van der Waals surface area (Å²) in [6.07, 6.45) is 2.22. The number of nitrogens with one attached hydrogen (secondary N) is 1. The van der Waals surface area contributed by atoms with E-state index in [0.717, 1.165) is 29.1 Å². The fourth-order valence-electron chi connectivity index (χ4n) is 4.73. The molecule has 3 saturated heterocycles. The Balaban J connectivity index is 1.41. The second kappa shape index (κ2) is 5.82. The molecule has 130 valence electrons. The van der Waals surface area contributed by atoms with Crippen LogP contribution >= 0.6 is 11.3 Å². The first kappa shape index (κ1) is 16.1. The zero-order chi connectivity index (χ0) is 16.9. The molecule has 0 unspecified atom stereocenters. The molecule has 1 aromatic rings. The van der Waals surface area contributed by atoms with Crippen LogP contribution in [0, 0.1) is 18.8 Å². The molecule has 0 saturated carbocycles. The van der Waals surface area contributed by atoms with Gasteiger partial charge in [0.15, 0.2) is 0 Å². The minimum Gasteiger partial charge on any atom is -0.480 e. The van der Waals surface area contributed by atoms with Gasteiger partial charge < -0.3 is 15.2 Å². The summed E-state index contributed by atoms with van der Waals surface area (Å²) in [6, 6.07) is 3.81. The standard InChI is InChI=1S/C17H22N2O4S/c1-10-2-3-14(24-10)16(22)18-6-11-12-7-19(8-15(20)21)9-17(12)5-4-13(11)23-17/h2-3,11-13H,4-9H2,1H3,(H,18,22)(H,20,21)/t11-,12+,13+,17+/m0/s1. The summed E-state index contributed by atoms with van der Waals surface area (Å²) in [5.74, 6) is -0.215. The molecule has 3 aliphatic heterocycles. The number of carbonyl (C=O) groups is 2. The van der Waals surface area contributed by atoms with Crippen LogP contribution in [-0.2, 0) is 9.53 Å². The minimum absolute atomic E-state index is 0.0229. The third-order valence-electron chi connectivity index (χ3n) is 5.68. The van der Waals surface area contributed by atoms with E-state index >= 15 is 0 Å². The monoisotopic (exact) mass is 350 g/mol. The first-order valence-corrected chi connectivity index (χ1v) is 9.25. The van der Waals surface area contributed by atoms with Crippen molar-refractivity contribution in [3.8, 4) is 0 Å². The highest BCUT2D eigenvalue weighted by Crippen LogP contribution is 2.54. The first-order valence-electron chi connectivity index (χ1n) is 8.43. The SMILES string of the molecule is Cc1ccc(C(=O)NC[C@H]2[C@H]3CN(CC(=O)O)C[C@]34CC[C@H]2O4)s1.